The highest BCUT2D eigenvalue weighted by atomic mass is 19.4. The average molecular weight is 475 g/mol. The quantitative estimate of drug-likeness (QED) is 0.601. The van der Waals surface area contributed by atoms with Gasteiger partial charge in [0.25, 0.3) is 0 Å². The van der Waals surface area contributed by atoms with Crippen LogP contribution in [0.3, 0.4) is 0 Å². The van der Waals surface area contributed by atoms with Crippen molar-refractivity contribution in [3.05, 3.63) is 41.0 Å². The first-order valence-electron chi connectivity index (χ1n) is 9.88. The van der Waals surface area contributed by atoms with Crippen molar-refractivity contribution in [3.63, 3.8) is 0 Å². The van der Waals surface area contributed by atoms with Gasteiger partial charge in [-0.15, -0.1) is 0 Å². The monoisotopic (exact) mass is 475 g/mol. The predicted octanol–water partition coefficient (Wildman–Crippen LogP) is 4.25. The number of nitriles is 1. The third-order valence-corrected chi connectivity index (χ3v) is 5.20. The Morgan fingerprint density at radius 1 is 1.30 bits per heavy atom. The van der Waals surface area contributed by atoms with Crippen LogP contribution in [0.2, 0.25) is 0 Å². The number of piperidine rings is 1. The van der Waals surface area contributed by atoms with Crippen LogP contribution in [0.5, 0.6) is 0 Å². The Balaban J connectivity index is 1.87. The smallest absolute Gasteiger partial charge is 0.355 e. The number of alkyl halides is 6. The van der Waals surface area contributed by atoms with Gasteiger partial charge in [-0.25, -0.2) is 0 Å². The maximum absolute atomic E-state index is 13.3. The van der Waals surface area contributed by atoms with Crippen molar-refractivity contribution in [2.75, 3.05) is 24.5 Å². The fourth-order valence-electron chi connectivity index (χ4n) is 3.65. The zero-order chi connectivity index (χ0) is 24.4. The summed E-state index contributed by atoms with van der Waals surface area (Å²) in [5.74, 6) is -0.408. The van der Waals surface area contributed by atoms with E-state index in [0.717, 1.165) is 12.1 Å². The summed E-state index contributed by atoms with van der Waals surface area (Å²) in [7, 11) is 0. The number of benzene rings is 1. The summed E-state index contributed by atoms with van der Waals surface area (Å²) in [4.78, 5) is 18.0. The summed E-state index contributed by atoms with van der Waals surface area (Å²) in [6.07, 6.45) is -8.33. The van der Waals surface area contributed by atoms with Crippen LogP contribution in [0.1, 0.15) is 48.5 Å². The van der Waals surface area contributed by atoms with E-state index in [4.69, 9.17) is 9.78 Å². The molecule has 178 valence electrons. The number of carbonyl (C=O) groups excluding carboxylic acids is 1. The molecule has 1 aliphatic rings. The maximum atomic E-state index is 13.3. The van der Waals surface area contributed by atoms with Gasteiger partial charge in [-0.3, -0.25) is 4.79 Å². The molecule has 1 fully saturated rings. The fourth-order valence-corrected chi connectivity index (χ4v) is 3.65. The van der Waals surface area contributed by atoms with Gasteiger partial charge in [-0.2, -0.15) is 36.6 Å². The van der Waals surface area contributed by atoms with Gasteiger partial charge in [0, 0.05) is 25.7 Å². The zero-order valence-electron chi connectivity index (χ0n) is 17.4. The molecule has 1 aromatic heterocycles. The molecule has 1 aromatic carbocycles. The summed E-state index contributed by atoms with van der Waals surface area (Å²) >= 11 is 0. The molecule has 0 spiro atoms. The minimum atomic E-state index is -4.92. The van der Waals surface area contributed by atoms with E-state index in [2.05, 4.69) is 10.1 Å². The average Bonchev–Trinajstić information content (AvgIpc) is 3.20. The summed E-state index contributed by atoms with van der Waals surface area (Å²) in [5.41, 5.74) is -2.44. The molecular formula is C20H19F6N5O2. The maximum Gasteiger partial charge on any atom is 0.417 e. The molecule has 2 heterocycles. The van der Waals surface area contributed by atoms with Gasteiger partial charge in [0.05, 0.1) is 29.7 Å². The molecule has 33 heavy (non-hydrogen) atoms. The third-order valence-electron chi connectivity index (χ3n) is 5.20. The van der Waals surface area contributed by atoms with Crippen LogP contribution in [0.15, 0.2) is 22.7 Å². The van der Waals surface area contributed by atoms with E-state index in [0.29, 0.717) is 36.9 Å². The van der Waals surface area contributed by atoms with E-state index >= 15 is 0 Å². The topological polar surface area (TPSA) is 86.3 Å². The Hall–Kier alpha value is -3.30. The van der Waals surface area contributed by atoms with Crippen LogP contribution < -0.4 is 4.90 Å². The lowest BCUT2D eigenvalue weighted by Crippen LogP contribution is -2.37. The number of carbonyl (C=O) groups is 1. The Morgan fingerprint density at radius 2 is 2.03 bits per heavy atom. The van der Waals surface area contributed by atoms with E-state index in [1.54, 1.807) is 4.90 Å². The van der Waals surface area contributed by atoms with Crippen LogP contribution in [-0.2, 0) is 17.5 Å². The van der Waals surface area contributed by atoms with Crippen molar-refractivity contribution >= 4 is 11.6 Å². The number of rotatable bonds is 5. The predicted molar refractivity (Wildman–Crippen MR) is 102 cm³/mol. The SMILES string of the molecule is CC(=O)N1CCCC(c2nc(CN(CC(F)(F)F)c3ccc(C#N)c(C(F)(F)F)c3)no2)C1. The molecule has 0 aliphatic carbocycles. The molecule has 0 bridgehead atoms. The summed E-state index contributed by atoms with van der Waals surface area (Å²) in [6.45, 7) is 0.181. The van der Waals surface area contributed by atoms with Crippen molar-refractivity contribution in [1.82, 2.24) is 15.0 Å². The van der Waals surface area contributed by atoms with Crippen molar-refractivity contribution in [3.8, 4) is 6.07 Å². The summed E-state index contributed by atoms with van der Waals surface area (Å²) < 4.78 is 84.5. The first-order chi connectivity index (χ1) is 15.4. The first kappa shape index (κ1) is 24.3. The van der Waals surface area contributed by atoms with Gasteiger partial charge in [0.15, 0.2) is 5.82 Å². The summed E-state index contributed by atoms with van der Waals surface area (Å²) in [6, 6.07) is 3.71. The molecule has 1 amide bonds. The third kappa shape index (κ3) is 6.15. The Bertz CT molecular complexity index is 1040. The van der Waals surface area contributed by atoms with E-state index in [1.807, 2.05) is 0 Å². The van der Waals surface area contributed by atoms with Gasteiger partial charge < -0.3 is 14.3 Å². The van der Waals surface area contributed by atoms with E-state index in [1.165, 1.54) is 13.0 Å². The molecule has 7 nitrogen and oxygen atoms in total. The van der Waals surface area contributed by atoms with Crippen LogP contribution >= 0.6 is 0 Å². The Morgan fingerprint density at radius 3 is 2.64 bits per heavy atom. The van der Waals surface area contributed by atoms with Crippen molar-refractivity contribution in [1.29, 1.82) is 5.26 Å². The van der Waals surface area contributed by atoms with Gasteiger partial charge in [-0.05, 0) is 31.0 Å². The van der Waals surface area contributed by atoms with E-state index in [-0.39, 0.29) is 23.5 Å². The molecule has 1 atom stereocenters. The highest BCUT2D eigenvalue weighted by Crippen LogP contribution is 2.35. The normalized spacial score (nSPS) is 17.0. The molecule has 0 radical (unpaired) electrons. The van der Waals surface area contributed by atoms with Crippen LogP contribution in [0, 0.1) is 11.3 Å². The minimum absolute atomic E-state index is 0.128. The number of amides is 1. The molecule has 1 saturated heterocycles. The Labute approximate surface area is 184 Å². The first-order valence-corrected chi connectivity index (χ1v) is 9.88. The highest BCUT2D eigenvalue weighted by molar-refractivity contribution is 5.73. The largest absolute Gasteiger partial charge is 0.417 e. The number of anilines is 1. The van der Waals surface area contributed by atoms with E-state index < -0.39 is 42.3 Å². The number of hydrogen-bond donors (Lipinski definition) is 0. The highest BCUT2D eigenvalue weighted by Gasteiger charge is 2.36. The Kier molecular flexibility index (Phi) is 6.85. The number of hydrogen-bond acceptors (Lipinski definition) is 6. The molecule has 1 aliphatic heterocycles. The number of halogens is 6. The van der Waals surface area contributed by atoms with Gasteiger partial charge in [0.1, 0.15) is 6.54 Å². The van der Waals surface area contributed by atoms with Crippen LogP contribution in [0.25, 0.3) is 0 Å². The van der Waals surface area contributed by atoms with Crippen molar-refractivity contribution in [2.24, 2.45) is 0 Å². The lowest BCUT2D eigenvalue weighted by Gasteiger charge is -2.30. The molecular weight excluding hydrogens is 456 g/mol. The molecule has 0 N–H and O–H groups in total. The standard InChI is InChI=1S/C20H19F6N5O2/c1-12(32)30-6-2-3-14(9-30)18-28-17(29-33-18)10-31(11-19(21,22)23)15-5-4-13(8-27)16(7-15)20(24,25)26/h4-5,7,14H,2-3,6,9-11H2,1H3. The van der Waals surface area contributed by atoms with Gasteiger partial charge in [0.2, 0.25) is 11.8 Å². The molecule has 2 aromatic rings. The van der Waals surface area contributed by atoms with Crippen molar-refractivity contribution < 1.29 is 35.7 Å². The second-order valence-electron chi connectivity index (χ2n) is 7.66. The zero-order valence-corrected chi connectivity index (χ0v) is 17.4. The second kappa shape index (κ2) is 9.29. The number of aromatic nitrogens is 2. The molecule has 3 rings (SSSR count). The van der Waals surface area contributed by atoms with Gasteiger partial charge >= 0.3 is 12.4 Å². The van der Waals surface area contributed by atoms with Crippen LogP contribution in [-0.4, -0.2) is 46.8 Å². The van der Waals surface area contributed by atoms with Gasteiger partial charge in [-0.1, -0.05) is 5.16 Å². The minimum Gasteiger partial charge on any atom is -0.355 e. The second-order valence-corrected chi connectivity index (χ2v) is 7.66. The number of nitrogens with zero attached hydrogens (tertiary/aromatic N) is 5. The molecule has 13 heteroatoms. The number of likely N-dealkylation sites (tertiary alicyclic amines) is 1. The molecule has 1 unspecified atom stereocenters. The van der Waals surface area contributed by atoms with E-state index in [9.17, 15) is 31.1 Å². The summed E-state index contributed by atoms with van der Waals surface area (Å²) in [5, 5.41) is 12.6. The van der Waals surface area contributed by atoms with Crippen LogP contribution in [0.4, 0.5) is 32.0 Å². The van der Waals surface area contributed by atoms with Crippen molar-refractivity contribution in [2.45, 2.75) is 44.6 Å². The fraction of sp³-hybridized carbons (Fsp3) is 0.500. The lowest BCUT2D eigenvalue weighted by molar-refractivity contribution is -0.137. The lowest BCUT2D eigenvalue weighted by atomic mass is 9.98. The molecule has 0 saturated carbocycles.